The molecule has 0 aliphatic carbocycles. The molecule has 0 bridgehead atoms. The van der Waals surface area contributed by atoms with Crippen molar-refractivity contribution in [3.05, 3.63) is 72.6 Å². The third-order valence-corrected chi connectivity index (χ3v) is 4.99. The molecule has 0 amide bonds. The van der Waals surface area contributed by atoms with E-state index in [4.69, 9.17) is 9.47 Å². The molecule has 36 heavy (non-hydrogen) atoms. The maximum Gasteiger partial charge on any atom is 0.337 e. The van der Waals surface area contributed by atoms with Crippen LogP contribution in [0.5, 0.6) is 0 Å². The van der Waals surface area contributed by atoms with E-state index in [0.29, 0.717) is 11.3 Å². The van der Waals surface area contributed by atoms with E-state index < -0.39 is 0 Å². The highest BCUT2D eigenvalue weighted by atomic mass is 16.6. The van der Waals surface area contributed by atoms with Gasteiger partial charge in [0.05, 0.1) is 30.3 Å². The van der Waals surface area contributed by atoms with Crippen LogP contribution in [0.2, 0.25) is 0 Å². The number of carbonyl (C=O) groups is 2. The molecule has 0 aromatic heterocycles. The Bertz CT molecular complexity index is 886. The van der Waals surface area contributed by atoms with Gasteiger partial charge in [-0.1, -0.05) is 58.4 Å². The number of aliphatic imine (C=N–C) groups is 1. The van der Waals surface area contributed by atoms with Crippen LogP contribution in [-0.2, 0) is 14.3 Å². The van der Waals surface area contributed by atoms with Gasteiger partial charge in [-0.3, -0.25) is 9.79 Å². The van der Waals surface area contributed by atoms with Gasteiger partial charge >= 0.3 is 11.9 Å². The Morgan fingerprint density at radius 2 is 1.53 bits per heavy atom. The van der Waals surface area contributed by atoms with Crippen LogP contribution in [0, 0.1) is 0 Å². The van der Waals surface area contributed by atoms with Crippen molar-refractivity contribution in [2.24, 2.45) is 4.99 Å². The minimum absolute atomic E-state index is 0.225. The Morgan fingerprint density at radius 1 is 0.972 bits per heavy atom. The molecule has 200 valence electrons. The third-order valence-electron chi connectivity index (χ3n) is 4.99. The van der Waals surface area contributed by atoms with Crippen LogP contribution in [0.15, 0.2) is 66.5 Å². The Labute approximate surface area is 218 Å². The van der Waals surface area contributed by atoms with Crippen molar-refractivity contribution in [2.75, 3.05) is 20.2 Å². The summed E-state index contributed by atoms with van der Waals surface area (Å²) in [4.78, 5) is 28.9. The van der Waals surface area contributed by atoms with Gasteiger partial charge in [-0.05, 0) is 57.9 Å². The fourth-order valence-electron chi connectivity index (χ4n) is 3.50. The molecule has 0 saturated carbocycles. The summed E-state index contributed by atoms with van der Waals surface area (Å²) in [6.45, 7) is 20.8. The lowest BCUT2D eigenvalue weighted by atomic mass is 10.1. The molecule has 0 N–H and O–H groups in total. The minimum Gasteiger partial charge on any atom is -0.465 e. The normalized spacial score (nSPS) is 14.5. The van der Waals surface area contributed by atoms with E-state index in [1.54, 1.807) is 18.2 Å². The molecule has 1 aromatic rings. The van der Waals surface area contributed by atoms with E-state index in [2.05, 4.69) is 23.1 Å². The quantitative estimate of drug-likeness (QED) is 0.237. The lowest BCUT2D eigenvalue weighted by molar-refractivity contribution is -0.151. The van der Waals surface area contributed by atoms with Crippen molar-refractivity contribution >= 4 is 17.7 Å². The maximum atomic E-state index is 11.7. The summed E-state index contributed by atoms with van der Waals surface area (Å²) < 4.78 is 9.58. The first-order valence-corrected chi connectivity index (χ1v) is 12.8. The van der Waals surface area contributed by atoms with Gasteiger partial charge in [-0.15, -0.1) is 0 Å². The monoisotopic (exact) mass is 498 g/mol. The molecule has 2 rings (SSSR count). The average Bonchev–Trinajstić information content (AvgIpc) is 2.82. The second-order valence-corrected chi connectivity index (χ2v) is 9.01. The van der Waals surface area contributed by atoms with Gasteiger partial charge in [-0.25, -0.2) is 4.79 Å². The maximum absolute atomic E-state index is 11.7. The van der Waals surface area contributed by atoms with Crippen LogP contribution in [0.4, 0.5) is 0 Å². The number of ether oxygens (including phenoxy) is 2. The fourth-order valence-corrected chi connectivity index (χ4v) is 3.50. The number of carbonyl (C=O) groups excluding carboxylic acids is 2. The first kappa shape index (κ1) is 32.8. The molecule has 6 heteroatoms. The SMILES string of the molecule is C=CC(=N/C=C(\C=C)N1CCCCCCC1)c1cccc(C(=O)OC)c1.CC.CC(=O)OC(C)(C)C. The standard InChI is InChI=1S/C22H28N2O2.C6H12O2.C2H6/c1-4-20(24-14-9-7-6-8-10-15-24)17-23-21(5-2)18-12-11-13-19(16-18)22(25)26-3;1-5(7)8-6(2,3)4;1-2/h4-5,11-13,16-17H,1-2,6-10,14-15H2,3H3;1-4H3;1-2H3/b20-17+,23-21?;;. The summed E-state index contributed by atoms with van der Waals surface area (Å²) in [6.07, 6.45) is 11.7. The van der Waals surface area contributed by atoms with Crippen molar-refractivity contribution in [2.45, 2.75) is 79.2 Å². The largest absolute Gasteiger partial charge is 0.465 e. The third kappa shape index (κ3) is 13.7. The Kier molecular flexibility index (Phi) is 16.6. The van der Waals surface area contributed by atoms with Crippen LogP contribution in [0.3, 0.4) is 0 Å². The van der Waals surface area contributed by atoms with Crippen LogP contribution in [-0.4, -0.2) is 48.4 Å². The second-order valence-electron chi connectivity index (χ2n) is 9.01. The van der Waals surface area contributed by atoms with Crippen molar-refractivity contribution < 1.29 is 19.1 Å². The number of esters is 2. The number of hydrogen-bond acceptors (Lipinski definition) is 6. The number of methoxy groups -OCH3 is 1. The first-order chi connectivity index (χ1) is 17.1. The molecule has 1 aliphatic heterocycles. The highest BCUT2D eigenvalue weighted by molar-refractivity contribution is 6.09. The highest BCUT2D eigenvalue weighted by Crippen LogP contribution is 2.16. The lowest BCUT2D eigenvalue weighted by Gasteiger charge is -2.27. The molecule has 1 heterocycles. The van der Waals surface area contributed by atoms with Gasteiger partial charge in [0.1, 0.15) is 5.60 Å². The summed E-state index contributed by atoms with van der Waals surface area (Å²) in [5.41, 5.74) is 2.73. The van der Waals surface area contributed by atoms with E-state index in [0.717, 1.165) is 24.4 Å². The Morgan fingerprint density at radius 3 is 1.97 bits per heavy atom. The summed E-state index contributed by atoms with van der Waals surface area (Å²) >= 11 is 0. The predicted octanol–water partition coefficient (Wildman–Crippen LogP) is 7.12. The molecule has 0 spiro atoms. The zero-order valence-corrected chi connectivity index (χ0v) is 23.4. The van der Waals surface area contributed by atoms with Crippen LogP contribution in [0.25, 0.3) is 0 Å². The summed E-state index contributed by atoms with van der Waals surface area (Å²) in [5, 5.41) is 0. The van der Waals surface area contributed by atoms with Crippen LogP contribution in [0.1, 0.15) is 89.6 Å². The summed E-state index contributed by atoms with van der Waals surface area (Å²) in [6, 6.07) is 7.21. The number of rotatable bonds is 6. The smallest absolute Gasteiger partial charge is 0.337 e. The predicted molar refractivity (Wildman–Crippen MR) is 150 cm³/mol. The molecule has 6 nitrogen and oxygen atoms in total. The number of allylic oxidation sites excluding steroid dienone is 2. The zero-order chi connectivity index (χ0) is 27.6. The molecule has 0 radical (unpaired) electrons. The van der Waals surface area contributed by atoms with Crippen molar-refractivity contribution in [1.29, 1.82) is 0 Å². The number of benzene rings is 1. The first-order valence-electron chi connectivity index (χ1n) is 12.8. The van der Waals surface area contributed by atoms with E-state index in [-0.39, 0.29) is 17.5 Å². The Balaban J connectivity index is 0.00000104. The zero-order valence-electron chi connectivity index (χ0n) is 23.4. The topological polar surface area (TPSA) is 68.2 Å². The van der Waals surface area contributed by atoms with E-state index >= 15 is 0 Å². The highest BCUT2D eigenvalue weighted by Gasteiger charge is 2.12. The van der Waals surface area contributed by atoms with Gasteiger partial charge in [0, 0.05) is 25.6 Å². The average molecular weight is 499 g/mol. The Hall–Kier alpha value is -3.15. The molecule has 1 saturated heterocycles. The molecule has 0 atom stereocenters. The van der Waals surface area contributed by atoms with Gasteiger partial charge in [0.15, 0.2) is 0 Å². The number of nitrogens with zero attached hydrogens (tertiary/aromatic N) is 2. The molecule has 1 aliphatic rings. The number of hydrogen-bond donors (Lipinski definition) is 0. The minimum atomic E-state index is -0.363. The van der Waals surface area contributed by atoms with Gasteiger partial charge in [0.25, 0.3) is 0 Å². The molecular formula is C30H46N2O4. The second kappa shape index (κ2) is 18.2. The van der Waals surface area contributed by atoms with E-state index in [1.807, 2.05) is 59.0 Å². The van der Waals surface area contributed by atoms with Gasteiger partial charge in [-0.2, -0.15) is 0 Å². The van der Waals surface area contributed by atoms with Crippen molar-refractivity contribution in [3.63, 3.8) is 0 Å². The molecular weight excluding hydrogens is 452 g/mol. The van der Waals surface area contributed by atoms with E-state index in [9.17, 15) is 9.59 Å². The van der Waals surface area contributed by atoms with Crippen molar-refractivity contribution in [1.82, 2.24) is 4.90 Å². The number of likely N-dealkylation sites (tertiary alicyclic amines) is 1. The van der Waals surface area contributed by atoms with Gasteiger partial charge < -0.3 is 14.4 Å². The summed E-state index contributed by atoms with van der Waals surface area (Å²) in [5.74, 6) is -0.587. The molecule has 0 unspecified atom stereocenters. The fraction of sp³-hybridized carbons (Fsp3) is 0.500. The lowest BCUT2D eigenvalue weighted by Crippen LogP contribution is -2.26. The molecule has 1 fully saturated rings. The van der Waals surface area contributed by atoms with Crippen molar-refractivity contribution in [3.8, 4) is 0 Å². The van der Waals surface area contributed by atoms with Crippen LogP contribution < -0.4 is 0 Å². The van der Waals surface area contributed by atoms with Crippen LogP contribution >= 0.6 is 0 Å². The molecule has 1 aromatic carbocycles. The van der Waals surface area contributed by atoms with Gasteiger partial charge in [0.2, 0.25) is 0 Å². The summed E-state index contributed by atoms with van der Waals surface area (Å²) in [7, 11) is 1.38. The van der Waals surface area contributed by atoms with E-state index in [1.165, 1.54) is 46.1 Å².